The predicted octanol–water partition coefficient (Wildman–Crippen LogP) is 2.03. The molecule has 0 bridgehead atoms. The van der Waals surface area contributed by atoms with Gasteiger partial charge in [-0.15, -0.1) is 0 Å². The molecule has 3 heteroatoms. The van der Waals surface area contributed by atoms with Gasteiger partial charge in [-0.05, 0) is 37.3 Å². The Balaban J connectivity index is 1.86. The maximum atomic E-state index is 9.64. The molecule has 3 nitrogen and oxygen atoms in total. The molecular weight excluding hydrogens is 236 g/mol. The minimum Gasteiger partial charge on any atom is -0.393 e. The Morgan fingerprint density at radius 1 is 1.32 bits per heavy atom. The molecule has 0 spiro atoms. The predicted molar refractivity (Wildman–Crippen MR) is 78.8 cm³/mol. The molecule has 0 saturated carbocycles. The van der Waals surface area contributed by atoms with Crippen LogP contribution in [0.15, 0.2) is 30.3 Å². The first-order chi connectivity index (χ1) is 9.08. The molecule has 0 amide bonds. The zero-order valence-electron chi connectivity index (χ0n) is 12.0. The molecule has 1 saturated heterocycles. The van der Waals surface area contributed by atoms with E-state index < -0.39 is 0 Å². The Bertz CT molecular complexity index is 380. The molecule has 106 valence electrons. The van der Waals surface area contributed by atoms with Crippen LogP contribution in [0.3, 0.4) is 0 Å². The lowest BCUT2D eigenvalue weighted by atomic mass is 9.95. The van der Waals surface area contributed by atoms with E-state index in [1.54, 1.807) is 0 Å². The van der Waals surface area contributed by atoms with Crippen LogP contribution in [0, 0.1) is 11.8 Å². The Morgan fingerprint density at radius 2 is 2.00 bits per heavy atom. The van der Waals surface area contributed by atoms with Gasteiger partial charge in [0, 0.05) is 19.1 Å². The molecule has 2 rings (SSSR count). The van der Waals surface area contributed by atoms with Crippen molar-refractivity contribution in [2.75, 3.05) is 19.6 Å². The van der Waals surface area contributed by atoms with Crippen LogP contribution in [0.2, 0.25) is 0 Å². The number of benzene rings is 1. The largest absolute Gasteiger partial charge is 0.393 e. The van der Waals surface area contributed by atoms with Crippen molar-refractivity contribution in [3.8, 4) is 0 Å². The second kappa shape index (κ2) is 6.51. The van der Waals surface area contributed by atoms with Crippen LogP contribution in [0.1, 0.15) is 31.9 Å². The standard InChI is InChI=1S/C16H26N2O/c1-12(16(17)14-6-4-3-5-7-14)10-18-9-8-15(11-18)13(2)19/h3-7,12-13,15-16,19H,8-11,17H2,1-2H3. The van der Waals surface area contributed by atoms with Crippen molar-refractivity contribution in [2.24, 2.45) is 17.6 Å². The van der Waals surface area contributed by atoms with Gasteiger partial charge in [-0.3, -0.25) is 0 Å². The number of aliphatic hydroxyl groups is 1. The van der Waals surface area contributed by atoms with E-state index in [2.05, 4.69) is 24.0 Å². The summed E-state index contributed by atoms with van der Waals surface area (Å²) in [7, 11) is 0. The molecule has 19 heavy (non-hydrogen) atoms. The van der Waals surface area contributed by atoms with Crippen molar-refractivity contribution >= 4 is 0 Å². The topological polar surface area (TPSA) is 49.5 Å². The lowest BCUT2D eigenvalue weighted by molar-refractivity contribution is 0.125. The first-order valence-electron chi connectivity index (χ1n) is 7.29. The van der Waals surface area contributed by atoms with Crippen molar-refractivity contribution < 1.29 is 5.11 Å². The molecule has 0 radical (unpaired) electrons. The average molecular weight is 262 g/mol. The van der Waals surface area contributed by atoms with E-state index in [4.69, 9.17) is 5.73 Å². The molecule has 4 atom stereocenters. The second-order valence-corrected chi connectivity index (χ2v) is 5.96. The van der Waals surface area contributed by atoms with Gasteiger partial charge in [0.05, 0.1) is 6.10 Å². The van der Waals surface area contributed by atoms with Gasteiger partial charge in [0.25, 0.3) is 0 Å². The highest BCUT2D eigenvalue weighted by molar-refractivity contribution is 5.19. The molecule has 1 aromatic carbocycles. The van der Waals surface area contributed by atoms with Crippen molar-refractivity contribution in [1.29, 1.82) is 0 Å². The first kappa shape index (κ1) is 14.5. The fourth-order valence-electron chi connectivity index (χ4n) is 2.95. The number of nitrogens with two attached hydrogens (primary N) is 1. The molecule has 1 aliphatic rings. The van der Waals surface area contributed by atoms with Gasteiger partial charge in [-0.25, -0.2) is 0 Å². The van der Waals surface area contributed by atoms with Crippen LogP contribution < -0.4 is 5.73 Å². The summed E-state index contributed by atoms with van der Waals surface area (Å²) in [5, 5.41) is 9.64. The summed E-state index contributed by atoms with van der Waals surface area (Å²) in [6.45, 7) is 7.21. The smallest absolute Gasteiger partial charge is 0.0552 e. The summed E-state index contributed by atoms with van der Waals surface area (Å²) in [4.78, 5) is 2.44. The summed E-state index contributed by atoms with van der Waals surface area (Å²) < 4.78 is 0. The van der Waals surface area contributed by atoms with Gasteiger partial charge >= 0.3 is 0 Å². The zero-order chi connectivity index (χ0) is 13.8. The number of hydrogen-bond acceptors (Lipinski definition) is 3. The summed E-state index contributed by atoms with van der Waals surface area (Å²) in [6, 6.07) is 10.4. The quantitative estimate of drug-likeness (QED) is 0.853. The first-order valence-corrected chi connectivity index (χ1v) is 7.29. The molecule has 1 aliphatic heterocycles. The fourth-order valence-corrected chi connectivity index (χ4v) is 2.95. The van der Waals surface area contributed by atoms with Crippen LogP contribution >= 0.6 is 0 Å². The minimum atomic E-state index is -0.192. The lowest BCUT2D eigenvalue weighted by Gasteiger charge is -2.26. The van der Waals surface area contributed by atoms with E-state index in [1.165, 1.54) is 5.56 Å². The van der Waals surface area contributed by atoms with E-state index in [-0.39, 0.29) is 12.1 Å². The Hall–Kier alpha value is -0.900. The summed E-state index contributed by atoms with van der Waals surface area (Å²) in [5.74, 6) is 0.857. The molecule has 0 aliphatic carbocycles. The van der Waals surface area contributed by atoms with Crippen LogP contribution in [0.4, 0.5) is 0 Å². The Labute approximate surface area is 116 Å². The molecule has 3 N–H and O–H groups in total. The van der Waals surface area contributed by atoms with Crippen LogP contribution in [0.25, 0.3) is 0 Å². The van der Waals surface area contributed by atoms with Crippen LogP contribution in [0.5, 0.6) is 0 Å². The maximum absolute atomic E-state index is 9.64. The minimum absolute atomic E-state index is 0.0896. The Kier molecular flexibility index (Phi) is 4.97. The van der Waals surface area contributed by atoms with Gasteiger partial charge in [-0.2, -0.15) is 0 Å². The van der Waals surface area contributed by atoms with Crippen molar-refractivity contribution in [2.45, 2.75) is 32.4 Å². The number of aliphatic hydroxyl groups excluding tert-OH is 1. The fraction of sp³-hybridized carbons (Fsp3) is 0.625. The van der Waals surface area contributed by atoms with Crippen molar-refractivity contribution in [1.82, 2.24) is 4.90 Å². The summed E-state index contributed by atoms with van der Waals surface area (Å²) in [5.41, 5.74) is 7.54. The molecule has 4 unspecified atom stereocenters. The third-order valence-corrected chi connectivity index (χ3v) is 4.33. The second-order valence-electron chi connectivity index (χ2n) is 5.96. The number of rotatable bonds is 5. The summed E-state index contributed by atoms with van der Waals surface area (Å²) >= 11 is 0. The monoisotopic (exact) mass is 262 g/mol. The van der Waals surface area contributed by atoms with E-state index >= 15 is 0 Å². The SMILES string of the molecule is CC(O)C1CCN(CC(C)C(N)c2ccccc2)C1. The third-order valence-electron chi connectivity index (χ3n) is 4.33. The highest BCUT2D eigenvalue weighted by Gasteiger charge is 2.28. The highest BCUT2D eigenvalue weighted by Crippen LogP contribution is 2.24. The molecule has 1 fully saturated rings. The van der Waals surface area contributed by atoms with Crippen LogP contribution in [-0.2, 0) is 0 Å². The molecule has 1 aromatic rings. The van der Waals surface area contributed by atoms with E-state index in [9.17, 15) is 5.11 Å². The van der Waals surface area contributed by atoms with Crippen molar-refractivity contribution in [3.63, 3.8) is 0 Å². The maximum Gasteiger partial charge on any atom is 0.0552 e. The van der Waals surface area contributed by atoms with Gasteiger partial charge in [0.15, 0.2) is 0 Å². The lowest BCUT2D eigenvalue weighted by Crippen LogP contribution is -2.33. The number of hydrogen-bond donors (Lipinski definition) is 2. The van der Waals surface area contributed by atoms with Crippen molar-refractivity contribution in [3.05, 3.63) is 35.9 Å². The number of likely N-dealkylation sites (tertiary alicyclic amines) is 1. The number of nitrogens with zero attached hydrogens (tertiary/aromatic N) is 1. The van der Waals surface area contributed by atoms with E-state index in [0.29, 0.717) is 11.8 Å². The molecule has 0 aromatic heterocycles. The third kappa shape index (κ3) is 3.78. The average Bonchev–Trinajstić information content (AvgIpc) is 2.87. The van der Waals surface area contributed by atoms with E-state index in [1.807, 2.05) is 25.1 Å². The normalized spacial score (nSPS) is 25.2. The Morgan fingerprint density at radius 3 is 2.58 bits per heavy atom. The summed E-state index contributed by atoms with van der Waals surface area (Å²) in [6.07, 6.45) is 0.911. The van der Waals surface area contributed by atoms with Crippen LogP contribution in [-0.4, -0.2) is 35.7 Å². The van der Waals surface area contributed by atoms with Gasteiger partial charge in [0.1, 0.15) is 0 Å². The van der Waals surface area contributed by atoms with Gasteiger partial charge in [-0.1, -0.05) is 37.3 Å². The van der Waals surface area contributed by atoms with Gasteiger partial charge < -0.3 is 15.7 Å². The highest BCUT2D eigenvalue weighted by atomic mass is 16.3. The molecule has 1 heterocycles. The zero-order valence-corrected chi connectivity index (χ0v) is 12.0. The molecular formula is C16H26N2O. The van der Waals surface area contributed by atoms with Gasteiger partial charge in [0.2, 0.25) is 0 Å². The van der Waals surface area contributed by atoms with E-state index in [0.717, 1.165) is 26.1 Å².